The molecule has 5 heteroatoms. The summed E-state index contributed by atoms with van der Waals surface area (Å²) in [6.45, 7) is 0. The van der Waals surface area contributed by atoms with Gasteiger partial charge in [-0.1, -0.05) is 0 Å². The van der Waals surface area contributed by atoms with Crippen molar-refractivity contribution >= 4 is 20.0 Å². The predicted octanol–water partition coefficient (Wildman–Crippen LogP) is 0.379. The predicted molar refractivity (Wildman–Crippen MR) is 18.8 cm³/mol. The monoisotopic (exact) mass is 114 g/mol. The van der Waals surface area contributed by atoms with Crippen molar-refractivity contribution in [1.82, 2.24) is 4.61 Å². The summed E-state index contributed by atoms with van der Waals surface area (Å²) in [7, 11) is -2.33. The van der Waals surface area contributed by atoms with Crippen LogP contribution in [0.25, 0.3) is 0 Å². The average Bonchev–Trinajstić information content (AvgIpc) is 1.38. The number of hydrogen-bond acceptors (Lipinski definition) is 1. The Kier molecular flexibility index (Phi) is 2.70. The fourth-order valence-electron chi connectivity index (χ4n) is 0. The van der Waals surface area contributed by atoms with E-state index in [-0.39, 0.29) is 0 Å². The van der Waals surface area contributed by atoms with E-state index < -0.39 is 8.18 Å². The van der Waals surface area contributed by atoms with Crippen molar-refractivity contribution in [3.05, 3.63) is 0 Å². The van der Waals surface area contributed by atoms with Crippen LogP contribution in [0, 0.1) is 0 Å². The Balaban J connectivity index is 2.85. The first-order valence-corrected chi connectivity index (χ1v) is 2.39. The summed E-state index contributed by atoms with van der Waals surface area (Å²) in [6, 6.07) is 0. The summed E-state index contributed by atoms with van der Waals surface area (Å²) in [4.78, 5) is 7.63. The summed E-state index contributed by atoms with van der Waals surface area (Å²) >= 11 is 4.55. The molecule has 0 aromatic heterocycles. The lowest BCUT2D eigenvalue weighted by atomic mass is 13.9. The van der Waals surface area contributed by atoms with Crippen molar-refractivity contribution in [1.29, 1.82) is 0 Å². The molecule has 0 rings (SSSR count). The second-order valence-corrected chi connectivity index (χ2v) is 1.58. The van der Waals surface area contributed by atoms with Gasteiger partial charge in [0, 0.05) is 16.4 Å². The van der Waals surface area contributed by atoms with E-state index in [1.165, 1.54) is 0 Å². The lowest BCUT2D eigenvalue weighted by molar-refractivity contribution is 0.500. The third kappa shape index (κ3) is 4.31. The van der Waals surface area contributed by atoms with Crippen LogP contribution in [0.15, 0.2) is 0 Å². The minimum Gasteiger partial charge on any atom is -0.143 e. The summed E-state index contributed by atoms with van der Waals surface area (Å²) in [5.41, 5.74) is 0. The fourth-order valence-corrected chi connectivity index (χ4v) is 0. The van der Waals surface area contributed by atoms with Gasteiger partial charge in [0.15, 0.2) is 0 Å². The highest BCUT2D eigenvalue weighted by Gasteiger charge is 2.01. The van der Waals surface area contributed by atoms with Crippen molar-refractivity contribution in [2.24, 2.45) is 0 Å². The summed E-state index contributed by atoms with van der Waals surface area (Å²) < 4.78 is 10.8. The summed E-state index contributed by atoms with van der Waals surface area (Å²) in [5.74, 6) is 0. The van der Waals surface area contributed by atoms with Gasteiger partial charge in [-0.25, -0.2) is 0 Å². The Labute approximate surface area is 35.0 Å². The molecule has 5 heavy (non-hydrogen) atoms. The number of hydrogen-bond donors (Lipinski definition) is 2. The molecule has 0 aliphatic rings. The Morgan fingerprint density at radius 3 is 2.20 bits per heavy atom. The SMILES string of the molecule is O=[P+](O)NCl. The quantitative estimate of drug-likeness (QED) is 0.383. The van der Waals surface area contributed by atoms with Gasteiger partial charge in [0.1, 0.15) is 0 Å². The van der Waals surface area contributed by atoms with Crippen LogP contribution in [0.3, 0.4) is 0 Å². The van der Waals surface area contributed by atoms with E-state index in [9.17, 15) is 4.57 Å². The molecule has 0 amide bonds. The standard InChI is InChI=1S/ClHNO2P/c1-2-5(3)4/h(H-,2,3,4)/p+1. The molecule has 0 saturated heterocycles. The van der Waals surface area contributed by atoms with Gasteiger partial charge >= 0.3 is 8.18 Å². The maximum Gasteiger partial charge on any atom is 0.626 e. The lowest BCUT2D eigenvalue weighted by Crippen LogP contribution is -1.74. The molecule has 2 N–H and O–H groups in total. The molecule has 0 fully saturated rings. The van der Waals surface area contributed by atoms with Crippen LogP contribution in [0.4, 0.5) is 0 Å². The Bertz CT molecular complexity index is 44.9. The summed E-state index contributed by atoms with van der Waals surface area (Å²) in [6.07, 6.45) is 0. The zero-order valence-electron chi connectivity index (χ0n) is 2.18. The molecular weight excluding hydrogens is 112 g/mol. The highest BCUT2D eigenvalue weighted by molar-refractivity contribution is 7.37. The third-order valence-corrected chi connectivity index (χ3v) is 0.651. The molecule has 30 valence electrons. The maximum atomic E-state index is 9.27. The molecule has 0 saturated carbocycles. The van der Waals surface area contributed by atoms with Gasteiger partial charge in [-0.3, -0.25) is 0 Å². The molecular formula is H2ClNO2P+. The molecule has 0 aromatic rings. The van der Waals surface area contributed by atoms with E-state index >= 15 is 0 Å². The smallest absolute Gasteiger partial charge is 0.143 e. The van der Waals surface area contributed by atoms with Crippen LogP contribution in [-0.2, 0) is 4.57 Å². The van der Waals surface area contributed by atoms with Crippen LogP contribution < -0.4 is 4.61 Å². The minimum absolute atomic E-state index is 1.56. The van der Waals surface area contributed by atoms with E-state index in [0.717, 1.165) is 0 Å². The van der Waals surface area contributed by atoms with Gasteiger partial charge in [-0.05, 0) is 4.57 Å². The second kappa shape index (κ2) is 2.54. The number of nitrogens with one attached hydrogen (secondary N) is 1. The molecule has 0 spiro atoms. The highest BCUT2D eigenvalue weighted by atomic mass is 35.5. The van der Waals surface area contributed by atoms with Gasteiger partial charge < -0.3 is 0 Å². The van der Waals surface area contributed by atoms with Crippen molar-refractivity contribution in [2.45, 2.75) is 0 Å². The van der Waals surface area contributed by atoms with Gasteiger partial charge in [0.05, 0.1) is 0 Å². The zero-order chi connectivity index (χ0) is 4.28. The van der Waals surface area contributed by atoms with E-state index in [1.807, 2.05) is 0 Å². The molecule has 0 aliphatic carbocycles. The largest absolute Gasteiger partial charge is 0.626 e. The second-order valence-electron chi connectivity index (χ2n) is 0.357. The molecule has 1 atom stereocenters. The normalized spacial score (nSPS) is 11.2. The first kappa shape index (κ1) is 5.31. The first-order chi connectivity index (χ1) is 2.27. The van der Waals surface area contributed by atoms with E-state index in [0.29, 0.717) is 0 Å². The molecule has 0 heterocycles. The topological polar surface area (TPSA) is 49.3 Å². The highest BCUT2D eigenvalue weighted by Crippen LogP contribution is 2.03. The molecule has 0 aliphatic heterocycles. The van der Waals surface area contributed by atoms with Gasteiger partial charge in [-0.2, -0.15) is 0 Å². The number of rotatable bonds is 1. The van der Waals surface area contributed by atoms with Crippen LogP contribution >= 0.6 is 20.0 Å². The van der Waals surface area contributed by atoms with Gasteiger partial charge in [-0.15, -0.1) is 4.89 Å². The van der Waals surface area contributed by atoms with E-state index in [2.05, 4.69) is 11.8 Å². The van der Waals surface area contributed by atoms with Crippen molar-refractivity contribution in [2.75, 3.05) is 0 Å². The first-order valence-electron chi connectivity index (χ1n) is 0.795. The third-order valence-electron chi connectivity index (χ3n) is 0.0723. The van der Waals surface area contributed by atoms with Crippen LogP contribution in [0.5, 0.6) is 0 Å². The molecule has 0 bridgehead atoms. The maximum absolute atomic E-state index is 9.27. The molecule has 1 unspecified atom stereocenters. The molecule has 0 aromatic carbocycles. The Morgan fingerprint density at radius 1 is 2.00 bits per heavy atom. The molecule has 0 radical (unpaired) electrons. The van der Waals surface area contributed by atoms with Crippen molar-refractivity contribution < 1.29 is 9.46 Å². The van der Waals surface area contributed by atoms with Crippen molar-refractivity contribution in [3.63, 3.8) is 0 Å². The zero-order valence-corrected chi connectivity index (χ0v) is 3.83. The van der Waals surface area contributed by atoms with Crippen molar-refractivity contribution in [3.8, 4) is 0 Å². The van der Waals surface area contributed by atoms with Crippen LogP contribution in [0.1, 0.15) is 0 Å². The Morgan fingerprint density at radius 2 is 2.20 bits per heavy atom. The Hall–Kier alpha value is 0.310. The summed E-state index contributed by atoms with van der Waals surface area (Å²) in [5, 5.41) is 0. The molecule has 3 nitrogen and oxygen atoms in total. The van der Waals surface area contributed by atoms with Crippen LogP contribution in [0.2, 0.25) is 0 Å². The minimum atomic E-state index is -2.33. The number of halogens is 1. The van der Waals surface area contributed by atoms with E-state index in [4.69, 9.17) is 4.89 Å². The van der Waals surface area contributed by atoms with E-state index in [1.54, 1.807) is 4.61 Å². The fraction of sp³-hybridized carbons (Fsp3) is 0. The lowest BCUT2D eigenvalue weighted by Gasteiger charge is -1.53. The van der Waals surface area contributed by atoms with Gasteiger partial charge in [0.25, 0.3) is 0 Å². The van der Waals surface area contributed by atoms with Gasteiger partial charge in [0.2, 0.25) is 0 Å². The van der Waals surface area contributed by atoms with Crippen LogP contribution in [-0.4, -0.2) is 4.89 Å². The average molecular weight is 114 g/mol.